The van der Waals surface area contributed by atoms with Gasteiger partial charge in [-0.15, -0.1) is 0 Å². The molecule has 0 saturated carbocycles. The van der Waals surface area contributed by atoms with Gasteiger partial charge in [0.1, 0.15) is 5.75 Å². The van der Waals surface area contributed by atoms with E-state index in [1.54, 1.807) is 19.2 Å². The lowest BCUT2D eigenvalue weighted by molar-refractivity contribution is -0.137. The molecular formula is C22H27F3N2O2. The summed E-state index contributed by atoms with van der Waals surface area (Å²) in [6.07, 6.45) is -3.65. The van der Waals surface area contributed by atoms with Crippen LogP contribution in [0.4, 0.5) is 13.2 Å². The monoisotopic (exact) mass is 408 g/mol. The number of benzene rings is 2. The first-order valence-corrected chi connectivity index (χ1v) is 9.75. The number of ether oxygens (including phenoxy) is 1. The Kier molecular flexibility index (Phi) is 7.16. The molecule has 1 fully saturated rings. The van der Waals surface area contributed by atoms with Crippen LogP contribution in [0.2, 0.25) is 0 Å². The third-order valence-electron chi connectivity index (χ3n) is 5.36. The van der Waals surface area contributed by atoms with Crippen molar-refractivity contribution in [2.24, 2.45) is 0 Å². The van der Waals surface area contributed by atoms with E-state index in [2.05, 4.69) is 15.9 Å². The lowest BCUT2D eigenvalue weighted by atomic mass is 10.1. The number of piperazine rings is 1. The molecule has 1 atom stereocenters. The minimum absolute atomic E-state index is 0.105. The van der Waals surface area contributed by atoms with Crippen molar-refractivity contribution in [3.8, 4) is 5.75 Å². The summed E-state index contributed by atoms with van der Waals surface area (Å²) in [7, 11) is 1.65. The average Bonchev–Trinajstić information content (AvgIpc) is 2.70. The molecule has 29 heavy (non-hydrogen) atoms. The number of hydrogen-bond acceptors (Lipinski definition) is 4. The minimum atomic E-state index is -4.31. The van der Waals surface area contributed by atoms with E-state index in [1.807, 2.05) is 18.2 Å². The number of rotatable bonds is 7. The highest BCUT2D eigenvalue weighted by Crippen LogP contribution is 2.29. The Morgan fingerprint density at radius 2 is 1.79 bits per heavy atom. The van der Waals surface area contributed by atoms with Gasteiger partial charge in [-0.05, 0) is 41.8 Å². The molecule has 1 aliphatic heterocycles. The zero-order chi connectivity index (χ0) is 20.9. The first-order chi connectivity index (χ1) is 13.9. The summed E-state index contributed by atoms with van der Waals surface area (Å²) < 4.78 is 43.5. The molecule has 0 aromatic heterocycles. The molecule has 1 aliphatic rings. The van der Waals surface area contributed by atoms with Crippen molar-refractivity contribution >= 4 is 0 Å². The van der Waals surface area contributed by atoms with Crippen molar-refractivity contribution in [2.75, 3.05) is 33.4 Å². The predicted octanol–water partition coefficient (Wildman–Crippen LogP) is 3.78. The first-order valence-electron chi connectivity index (χ1n) is 9.75. The average molecular weight is 408 g/mol. The van der Waals surface area contributed by atoms with Crippen LogP contribution in [0.25, 0.3) is 0 Å². The van der Waals surface area contributed by atoms with Crippen LogP contribution in [-0.4, -0.2) is 54.3 Å². The second-order valence-electron chi connectivity index (χ2n) is 7.42. The van der Waals surface area contributed by atoms with Gasteiger partial charge in [-0.1, -0.05) is 24.3 Å². The van der Waals surface area contributed by atoms with Crippen LogP contribution in [-0.2, 0) is 19.3 Å². The number of aliphatic hydroxyl groups is 1. The highest BCUT2D eigenvalue weighted by Gasteiger charge is 2.30. The Labute approximate surface area is 169 Å². The lowest BCUT2D eigenvalue weighted by Gasteiger charge is -2.41. The van der Waals surface area contributed by atoms with E-state index in [0.717, 1.165) is 55.2 Å². The number of aliphatic hydroxyl groups excluding tert-OH is 1. The first kappa shape index (κ1) is 21.6. The van der Waals surface area contributed by atoms with Crippen LogP contribution in [0.15, 0.2) is 48.5 Å². The molecule has 7 heteroatoms. The predicted molar refractivity (Wildman–Crippen MR) is 106 cm³/mol. The van der Waals surface area contributed by atoms with Gasteiger partial charge in [-0.2, -0.15) is 13.2 Å². The maximum atomic E-state index is 12.7. The SMILES string of the molecule is COc1cccc(CN2CCN(Cc3ccc(C(F)(F)F)cc3)CC2CCO)c1. The molecule has 0 amide bonds. The standard InChI is InChI=1S/C22H27F3N2O2/c1-29-21-4-2-3-18(13-21)15-27-11-10-26(16-20(27)9-12-28)14-17-5-7-19(8-6-17)22(23,24)25/h2-8,13,20,28H,9-12,14-16H2,1H3. The summed E-state index contributed by atoms with van der Waals surface area (Å²) in [5.41, 5.74) is 1.40. The number of nitrogens with zero attached hydrogens (tertiary/aromatic N) is 2. The second-order valence-corrected chi connectivity index (χ2v) is 7.42. The van der Waals surface area contributed by atoms with E-state index < -0.39 is 11.7 Å². The van der Waals surface area contributed by atoms with Gasteiger partial charge in [0.05, 0.1) is 12.7 Å². The molecular weight excluding hydrogens is 381 g/mol. The maximum absolute atomic E-state index is 12.7. The number of halogens is 3. The third kappa shape index (κ3) is 5.95. The van der Waals surface area contributed by atoms with E-state index in [4.69, 9.17) is 4.74 Å². The van der Waals surface area contributed by atoms with Gasteiger partial charge in [0.2, 0.25) is 0 Å². The molecule has 0 bridgehead atoms. The zero-order valence-electron chi connectivity index (χ0n) is 16.5. The van der Waals surface area contributed by atoms with Gasteiger partial charge in [-0.25, -0.2) is 0 Å². The van der Waals surface area contributed by atoms with Crippen molar-refractivity contribution in [2.45, 2.75) is 31.7 Å². The largest absolute Gasteiger partial charge is 0.497 e. The third-order valence-corrected chi connectivity index (χ3v) is 5.36. The van der Waals surface area contributed by atoms with Crippen molar-refractivity contribution in [1.82, 2.24) is 9.80 Å². The summed E-state index contributed by atoms with van der Waals surface area (Å²) in [6.45, 7) is 3.91. The lowest BCUT2D eigenvalue weighted by Crippen LogP contribution is -2.52. The Balaban J connectivity index is 1.62. The maximum Gasteiger partial charge on any atom is 0.416 e. The van der Waals surface area contributed by atoms with Crippen LogP contribution in [0, 0.1) is 0 Å². The fourth-order valence-electron chi connectivity index (χ4n) is 3.79. The molecule has 0 aliphatic carbocycles. The van der Waals surface area contributed by atoms with E-state index >= 15 is 0 Å². The molecule has 2 aromatic carbocycles. The van der Waals surface area contributed by atoms with Crippen molar-refractivity contribution < 1.29 is 23.0 Å². The van der Waals surface area contributed by atoms with E-state index in [9.17, 15) is 18.3 Å². The van der Waals surface area contributed by atoms with Crippen molar-refractivity contribution in [3.63, 3.8) is 0 Å². The van der Waals surface area contributed by atoms with E-state index in [-0.39, 0.29) is 12.6 Å². The van der Waals surface area contributed by atoms with Gasteiger partial charge in [0.15, 0.2) is 0 Å². The second kappa shape index (κ2) is 9.61. The smallest absolute Gasteiger partial charge is 0.416 e. The quantitative estimate of drug-likeness (QED) is 0.757. The van der Waals surface area contributed by atoms with Gasteiger partial charge < -0.3 is 9.84 Å². The highest BCUT2D eigenvalue weighted by atomic mass is 19.4. The van der Waals surface area contributed by atoms with Gasteiger partial charge in [-0.3, -0.25) is 9.80 Å². The molecule has 1 N–H and O–H groups in total. The van der Waals surface area contributed by atoms with Gasteiger partial charge in [0, 0.05) is 45.4 Å². The van der Waals surface area contributed by atoms with Gasteiger partial charge in [0.25, 0.3) is 0 Å². The Morgan fingerprint density at radius 3 is 2.45 bits per heavy atom. The zero-order valence-corrected chi connectivity index (χ0v) is 16.5. The Hall–Kier alpha value is -2.09. The fraction of sp³-hybridized carbons (Fsp3) is 0.455. The van der Waals surface area contributed by atoms with Crippen LogP contribution in [0.3, 0.4) is 0 Å². The molecule has 1 heterocycles. The van der Waals surface area contributed by atoms with Crippen LogP contribution < -0.4 is 4.74 Å². The number of alkyl halides is 3. The highest BCUT2D eigenvalue weighted by molar-refractivity contribution is 5.28. The summed E-state index contributed by atoms with van der Waals surface area (Å²) in [5, 5.41) is 9.50. The fourth-order valence-corrected chi connectivity index (χ4v) is 3.79. The van der Waals surface area contributed by atoms with E-state index in [1.165, 1.54) is 0 Å². The topological polar surface area (TPSA) is 35.9 Å². The van der Waals surface area contributed by atoms with Crippen LogP contribution >= 0.6 is 0 Å². The molecule has 0 spiro atoms. The molecule has 2 aromatic rings. The van der Waals surface area contributed by atoms with Crippen molar-refractivity contribution in [1.29, 1.82) is 0 Å². The van der Waals surface area contributed by atoms with Crippen molar-refractivity contribution in [3.05, 3.63) is 65.2 Å². The Bertz CT molecular complexity index is 780. The molecule has 1 unspecified atom stereocenters. The molecule has 3 rings (SSSR count). The number of methoxy groups -OCH3 is 1. The molecule has 1 saturated heterocycles. The summed E-state index contributed by atoms with van der Waals surface area (Å²) >= 11 is 0. The Morgan fingerprint density at radius 1 is 1.03 bits per heavy atom. The molecule has 158 valence electrons. The minimum Gasteiger partial charge on any atom is -0.497 e. The van der Waals surface area contributed by atoms with Crippen LogP contribution in [0.5, 0.6) is 5.75 Å². The van der Waals surface area contributed by atoms with Crippen LogP contribution in [0.1, 0.15) is 23.1 Å². The summed E-state index contributed by atoms with van der Waals surface area (Å²) in [6, 6.07) is 13.5. The van der Waals surface area contributed by atoms with E-state index in [0.29, 0.717) is 13.0 Å². The normalized spacial score (nSPS) is 18.7. The summed E-state index contributed by atoms with van der Waals surface area (Å²) in [5.74, 6) is 0.821. The number of hydrogen-bond donors (Lipinski definition) is 1. The van der Waals surface area contributed by atoms with Gasteiger partial charge >= 0.3 is 6.18 Å². The molecule has 0 radical (unpaired) electrons. The molecule has 4 nitrogen and oxygen atoms in total. The summed E-state index contributed by atoms with van der Waals surface area (Å²) in [4.78, 5) is 4.60.